The number of hydrogen-bond acceptors (Lipinski definition) is 3. The first-order valence-electron chi connectivity index (χ1n) is 6.30. The van der Waals surface area contributed by atoms with E-state index in [1.54, 1.807) is 11.3 Å². The molecule has 1 aromatic carbocycles. The van der Waals surface area contributed by atoms with Gasteiger partial charge < -0.3 is 10.4 Å². The number of aliphatic hydroxyl groups is 1. The van der Waals surface area contributed by atoms with Gasteiger partial charge in [0.2, 0.25) is 5.91 Å². The molecule has 0 bridgehead atoms. The second-order valence-corrected chi connectivity index (χ2v) is 5.23. The first-order valence-corrected chi connectivity index (χ1v) is 7.18. The first kappa shape index (κ1) is 13.8. The van der Waals surface area contributed by atoms with Crippen LogP contribution >= 0.6 is 11.3 Å². The third-order valence-corrected chi connectivity index (χ3v) is 3.77. The molecule has 0 aliphatic carbocycles. The van der Waals surface area contributed by atoms with Crippen molar-refractivity contribution in [3.05, 3.63) is 58.3 Å². The van der Waals surface area contributed by atoms with Crippen LogP contribution in [0.3, 0.4) is 0 Å². The molecule has 0 fully saturated rings. The zero-order valence-electron chi connectivity index (χ0n) is 10.6. The molecule has 1 atom stereocenters. The van der Waals surface area contributed by atoms with E-state index in [1.807, 2.05) is 47.8 Å². The third kappa shape index (κ3) is 3.91. The van der Waals surface area contributed by atoms with Crippen LogP contribution in [0.25, 0.3) is 0 Å². The predicted molar refractivity (Wildman–Crippen MR) is 77.1 cm³/mol. The zero-order valence-corrected chi connectivity index (χ0v) is 11.4. The highest BCUT2D eigenvalue weighted by molar-refractivity contribution is 7.10. The summed E-state index contributed by atoms with van der Waals surface area (Å²) in [7, 11) is 0. The van der Waals surface area contributed by atoms with Crippen molar-refractivity contribution in [1.29, 1.82) is 0 Å². The van der Waals surface area contributed by atoms with Crippen LogP contribution in [0.1, 0.15) is 29.3 Å². The van der Waals surface area contributed by atoms with E-state index in [4.69, 9.17) is 5.11 Å². The van der Waals surface area contributed by atoms with Gasteiger partial charge in [-0.1, -0.05) is 36.4 Å². The highest BCUT2D eigenvalue weighted by Crippen LogP contribution is 2.25. The smallest absolute Gasteiger partial charge is 0.220 e. The van der Waals surface area contributed by atoms with Crippen LogP contribution in [0.4, 0.5) is 0 Å². The van der Waals surface area contributed by atoms with Gasteiger partial charge in [-0.15, -0.1) is 11.3 Å². The van der Waals surface area contributed by atoms with Crippen LogP contribution in [0, 0.1) is 0 Å². The maximum Gasteiger partial charge on any atom is 0.220 e. The Hall–Kier alpha value is -1.65. The van der Waals surface area contributed by atoms with Crippen molar-refractivity contribution in [2.24, 2.45) is 0 Å². The molecular weight excluding hydrogens is 258 g/mol. The Morgan fingerprint density at radius 3 is 2.63 bits per heavy atom. The number of benzene rings is 1. The quantitative estimate of drug-likeness (QED) is 0.851. The molecule has 2 N–H and O–H groups in total. The van der Waals surface area contributed by atoms with E-state index in [0.717, 1.165) is 10.4 Å². The van der Waals surface area contributed by atoms with Crippen LogP contribution in [0.2, 0.25) is 0 Å². The van der Waals surface area contributed by atoms with Gasteiger partial charge in [-0.25, -0.2) is 0 Å². The van der Waals surface area contributed by atoms with Crippen LogP contribution in [-0.2, 0) is 4.79 Å². The fourth-order valence-corrected chi connectivity index (χ4v) is 2.70. The number of thiophene rings is 1. The number of rotatable bonds is 6. The Morgan fingerprint density at radius 1 is 1.21 bits per heavy atom. The van der Waals surface area contributed by atoms with Crippen molar-refractivity contribution in [1.82, 2.24) is 5.32 Å². The minimum Gasteiger partial charge on any atom is -0.396 e. The lowest BCUT2D eigenvalue weighted by Crippen LogP contribution is -2.28. The highest BCUT2D eigenvalue weighted by atomic mass is 32.1. The summed E-state index contributed by atoms with van der Waals surface area (Å²) in [4.78, 5) is 13.0. The van der Waals surface area contributed by atoms with E-state index < -0.39 is 0 Å². The summed E-state index contributed by atoms with van der Waals surface area (Å²) in [5, 5.41) is 13.8. The number of hydrogen-bond donors (Lipinski definition) is 2. The van der Waals surface area contributed by atoms with Crippen LogP contribution in [0.15, 0.2) is 47.8 Å². The van der Waals surface area contributed by atoms with E-state index in [-0.39, 0.29) is 18.6 Å². The molecule has 3 nitrogen and oxygen atoms in total. The molecular formula is C15H17NO2S. The van der Waals surface area contributed by atoms with Gasteiger partial charge in [0, 0.05) is 17.9 Å². The van der Waals surface area contributed by atoms with Crippen molar-refractivity contribution in [3.63, 3.8) is 0 Å². The maximum absolute atomic E-state index is 11.9. The van der Waals surface area contributed by atoms with Crippen molar-refractivity contribution in [2.45, 2.75) is 18.9 Å². The summed E-state index contributed by atoms with van der Waals surface area (Å²) in [6.07, 6.45) is 0.850. The van der Waals surface area contributed by atoms with Crippen LogP contribution in [-0.4, -0.2) is 17.6 Å². The molecule has 0 saturated carbocycles. The summed E-state index contributed by atoms with van der Waals surface area (Å²) < 4.78 is 0. The minimum atomic E-state index is -0.104. The van der Waals surface area contributed by atoms with Gasteiger partial charge in [0.05, 0.1) is 6.04 Å². The highest BCUT2D eigenvalue weighted by Gasteiger charge is 2.17. The molecule has 0 saturated heterocycles. The second kappa shape index (κ2) is 7.07. The second-order valence-electron chi connectivity index (χ2n) is 4.25. The summed E-state index contributed by atoms with van der Waals surface area (Å²) in [5.74, 6) is -0.0312. The molecule has 0 aliphatic rings. The Labute approximate surface area is 116 Å². The lowest BCUT2D eigenvalue weighted by molar-refractivity contribution is -0.121. The molecule has 1 heterocycles. The lowest BCUT2D eigenvalue weighted by atomic mass is 10.1. The molecule has 1 unspecified atom stereocenters. The summed E-state index contributed by atoms with van der Waals surface area (Å²) in [6.45, 7) is 0.0441. The average molecular weight is 275 g/mol. The molecule has 2 rings (SSSR count). The number of carbonyl (C=O) groups is 1. The zero-order chi connectivity index (χ0) is 13.5. The fraction of sp³-hybridized carbons (Fsp3) is 0.267. The predicted octanol–water partition coefficient (Wildman–Crippen LogP) is 2.73. The summed E-state index contributed by atoms with van der Waals surface area (Å²) >= 11 is 1.63. The van der Waals surface area contributed by atoms with E-state index in [9.17, 15) is 4.79 Å². The monoisotopic (exact) mass is 275 g/mol. The number of nitrogens with one attached hydrogen (secondary N) is 1. The minimum absolute atomic E-state index is 0.0312. The summed E-state index contributed by atoms with van der Waals surface area (Å²) in [6, 6.07) is 13.8. The molecule has 4 heteroatoms. The molecule has 1 aromatic heterocycles. The average Bonchev–Trinajstić information content (AvgIpc) is 2.97. The van der Waals surface area contributed by atoms with Gasteiger partial charge in [-0.05, 0) is 23.4 Å². The maximum atomic E-state index is 11.9. The summed E-state index contributed by atoms with van der Waals surface area (Å²) in [5.41, 5.74) is 1.07. The molecule has 2 aromatic rings. The van der Waals surface area contributed by atoms with Crippen molar-refractivity contribution in [2.75, 3.05) is 6.61 Å². The fourth-order valence-electron chi connectivity index (χ4n) is 1.89. The number of amides is 1. The molecule has 1 amide bonds. The van der Waals surface area contributed by atoms with E-state index in [2.05, 4.69) is 5.32 Å². The standard InChI is InChI=1S/C15H17NO2S/c17-10-4-9-14(18)16-15(13-8-5-11-19-13)12-6-2-1-3-7-12/h1-3,5-8,11,15,17H,4,9-10H2,(H,16,18). The van der Waals surface area contributed by atoms with E-state index >= 15 is 0 Å². The molecule has 0 spiro atoms. The van der Waals surface area contributed by atoms with Crippen molar-refractivity contribution < 1.29 is 9.90 Å². The Bertz CT molecular complexity index is 496. The SMILES string of the molecule is O=C(CCCO)NC(c1ccccc1)c1cccs1. The normalized spacial score (nSPS) is 12.1. The number of carbonyl (C=O) groups excluding carboxylic acids is 1. The Balaban J connectivity index is 2.14. The molecule has 0 radical (unpaired) electrons. The van der Waals surface area contributed by atoms with Crippen LogP contribution in [0.5, 0.6) is 0 Å². The first-order chi connectivity index (χ1) is 9.31. The lowest BCUT2D eigenvalue weighted by Gasteiger charge is -2.18. The van der Waals surface area contributed by atoms with Gasteiger partial charge >= 0.3 is 0 Å². The third-order valence-electron chi connectivity index (χ3n) is 2.83. The van der Waals surface area contributed by atoms with Crippen LogP contribution < -0.4 is 5.32 Å². The largest absolute Gasteiger partial charge is 0.396 e. The molecule has 0 aliphatic heterocycles. The number of aliphatic hydroxyl groups excluding tert-OH is 1. The van der Waals surface area contributed by atoms with Gasteiger partial charge in [0.25, 0.3) is 0 Å². The Kier molecular flexibility index (Phi) is 5.12. The van der Waals surface area contributed by atoms with Crippen molar-refractivity contribution in [3.8, 4) is 0 Å². The van der Waals surface area contributed by atoms with Gasteiger partial charge in [-0.3, -0.25) is 4.79 Å². The van der Waals surface area contributed by atoms with Gasteiger partial charge in [0.15, 0.2) is 0 Å². The Morgan fingerprint density at radius 2 is 2.00 bits per heavy atom. The topological polar surface area (TPSA) is 49.3 Å². The van der Waals surface area contributed by atoms with E-state index in [1.165, 1.54) is 0 Å². The van der Waals surface area contributed by atoms with Gasteiger partial charge in [-0.2, -0.15) is 0 Å². The van der Waals surface area contributed by atoms with Gasteiger partial charge in [0.1, 0.15) is 0 Å². The van der Waals surface area contributed by atoms with E-state index in [0.29, 0.717) is 12.8 Å². The molecule has 19 heavy (non-hydrogen) atoms. The van der Waals surface area contributed by atoms with Crippen molar-refractivity contribution >= 4 is 17.2 Å². The molecule has 100 valence electrons.